The molecule has 0 aromatic heterocycles. The van der Waals surface area contributed by atoms with Crippen molar-refractivity contribution >= 4 is 10.0 Å². The van der Waals surface area contributed by atoms with E-state index >= 15 is 0 Å². The van der Waals surface area contributed by atoms with Crippen LogP contribution in [-0.2, 0) is 29.5 Å². The van der Waals surface area contributed by atoms with Gasteiger partial charge in [-0.1, -0.05) is 36.4 Å². The Morgan fingerprint density at radius 2 is 1.38 bits per heavy atom. The molecule has 6 heteroatoms. The van der Waals surface area contributed by atoms with Gasteiger partial charge in [-0.25, -0.2) is 8.42 Å². The summed E-state index contributed by atoms with van der Waals surface area (Å²) in [5, 5.41) is 5.91. The summed E-state index contributed by atoms with van der Waals surface area (Å²) in [4.78, 5) is 0. The third-order valence-corrected chi connectivity index (χ3v) is 2.36. The van der Waals surface area contributed by atoms with Crippen LogP contribution < -0.4 is 5.73 Å². The molecule has 0 aliphatic rings. The molecule has 0 amide bonds. The number of nitrogens with one attached hydrogen (secondary N) is 1. The van der Waals surface area contributed by atoms with E-state index < -0.39 is 10.0 Å². The SMILES string of the molecule is CS([NH-])(=O)=O.N[C@@H]([CH-]c1ccccc1)c1ccccc1.[Ru+2]. The van der Waals surface area contributed by atoms with Crippen LogP contribution in [0, 0.1) is 6.42 Å². The Hall–Kier alpha value is -1.20. The first-order valence-electron chi connectivity index (χ1n) is 6.01. The monoisotopic (exact) mass is 392 g/mol. The van der Waals surface area contributed by atoms with Crippen molar-refractivity contribution in [2.45, 2.75) is 6.04 Å². The first-order chi connectivity index (χ1) is 9.36. The van der Waals surface area contributed by atoms with Crippen LogP contribution in [0.1, 0.15) is 17.2 Å². The predicted molar refractivity (Wildman–Crippen MR) is 82.4 cm³/mol. The van der Waals surface area contributed by atoms with E-state index in [0.29, 0.717) is 0 Å². The van der Waals surface area contributed by atoms with E-state index in [0.717, 1.165) is 17.4 Å². The van der Waals surface area contributed by atoms with E-state index in [1.165, 1.54) is 0 Å². The van der Waals surface area contributed by atoms with E-state index in [1.54, 1.807) is 0 Å². The number of benzene rings is 2. The average Bonchev–Trinajstić information content (AvgIpc) is 2.39. The third-order valence-electron chi connectivity index (χ3n) is 2.36. The smallest absolute Gasteiger partial charge is 0.564 e. The second-order valence-corrected chi connectivity index (χ2v) is 5.83. The molecule has 0 bridgehead atoms. The van der Waals surface area contributed by atoms with Gasteiger partial charge < -0.3 is 10.9 Å². The van der Waals surface area contributed by atoms with E-state index in [9.17, 15) is 8.42 Å². The zero-order chi connectivity index (χ0) is 15.0. The molecule has 0 saturated heterocycles. The van der Waals surface area contributed by atoms with Gasteiger partial charge in [-0.05, 0) is 5.56 Å². The summed E-state index contributed by atoms with van der Waals surface area (Å²) in [6, 6.07) is 20.2. The molecule has 2 aromatic carbocycles. The van der Waals surface area contributed by atoms with Crippen LogP contribution in [0.5, 0.6) is 0 Å². The number of hydrogen-bond acceptors (Lipinski definition) is 3. The fourth-order valence-electron chi connectivity index (χ4n) is 1.54. The molecule has 114 valence electrons. The van der Waals surface area contributed by atoms with Gasteiger partial charge in [0, 0.05) is 12.3 Å². The molecule has 2 aromatic rings. The van der Waals surface area contributed by atoms with Crippen molar-refractivity contribution in [3.05, 3.63) is 83.4 Å². The summed E-state index contributed by atoms with van der Waals surface area (Å²) in [6.45, 7) is 0. The van der Waals surface area contributed by atoms with E-state index in [4.69, 9.17) is 10.9 Å². The standard InChI is InChI=1S/C14H14N.CH4NO2S.Ru/c15-14(13-9-5-2-6-10-13)11-12-7-3-1-4-8-12;1-5(2,3)4;/h1-11,14H,15H2;1H3,(H-,2,3,4);/q2*-1;+2/t14-;;/m0../s1. The zero-order valence-corrected chi connectivity index (χ0v) is 14.1. The largest absolute Gasteiger partial charge is 2.00 e. The molecule has 21 heavy (non-hydrogen) atoms. The molecule has 0 aliphatic carbocycles. The predicted octanol–water partition coefficient (Wildman–Crippen LogP) is 2.93. The second-order valence-electron chi connectivity index (χ2n) is 4.29. The summed E-state index contributed by atoms with van der Waals surface area (Å²) in [7, 11) is -3.42. The van der Waals surface area contributed by atoms with Gasteiger partial charge in [0.15, 0.2) is 0 Å². The molecule has 2 rings (SSSR count). The summed E-state index contributed by atoms with van der Waals surface area (Å²) in [5.74, 6) is 0. The first kappa shape index (κ1) is 19.8. The van der Waals surface area contributed by atoms with Crippen LogP contribution in [0.3, 0.4) is 0 Å². The Morgan fingerprint density at radius 3 is 1.81 bits per heavy atom. The van der Waals surface area contributed by atoms with Crippen molar-refractivity contribution in [2.24, 2.45) is 5.73 Å². The maximum atomic E-state index is 9.30. The fraction of sp³-hybridized carbons (Fsp3) is 0.133. The Bertz CT molecular complexity index is 596. The molecule has 0 saturated carbocycles. The average molecular weight is 391 g/mol. The minimum Gasteiger partial charge on any atom is -0.564 e. The quantitative estimate of drug-likeness (QED) is 0.645. The topological polar surface area (TPSA) is 84.0 Å². The van der Waals surface area contributed by atoms with Gasteiger partial charge in [-0.2, -0.15) is 24.1 Å². The number of hydrogen-bond donors (Lipinski definition) is 1. The zero-order valence-electron chi connectivity index (χ0n) is 11.6. The molecule has 3 N–H and O–H groups in total. The summed E-state index contributed by atoms with van der Waals surface area (Å²) >= 11 is 0. The minimum absolute atomic E-state index is 0. The second kappa shape index (κ2) is 9.69. The van der Waals surface area contributed by atoms with Crippen LogP contribution in [-0.4, -0.2) is 14.7 Å². The van der Waals surface area contributed by atoms with Crippen molar-refractivity contribution in [1.29, 1.82) is 0 Å². The van der Waals surface area contributed by atoms with Crippen molar-refractivity contribution < 1.29 is 27.9 Å². The van der Waals surface area contributed by atoms with Crippen LogP contribution in [0.2, 0.25) is 0 Å². The van der Waals surface area contributed by atoms with Crippen LogP contribution in [0.25, 0.3) is 5.14 Å². The van der Waals surface area contributed by atoms with Crippen LogP contribution in [0.15, 0.2) is 60.7 Å². The fourth-order valence-corrected chi connectivity index (χ4v) is 1.54. The van der Waals surface area contributed by atoms with Gasteiger partial charge in [0.05, 0.1) is 10.0 Å². The molecule has 0 unspecified atom stereocenters. The Labute approximate surface area is 139 Å². The molecular weight excluding hydrogens is 373 g/mol. The van der Waals surface area contributed by atoms with Crippen molar-refractivity contribution in [3.8, 4) is 0 Å². The van der Waals surface area contributed by atoms with E-state index in [-0.39, 0.29) is 25.5 Å². The summed E-state index contributed by atoms with van der Waals surface area (Å²) in [6.07, 6.45) is 2.89. The van der Waals surface area contributed by atoms with Gasteiger partial charge >= 0.3 is 19.5 Å². The molecular formula is C15H18N2O2RuS. The third kappa shape index (κ3) is 10.2. The van der Waals surface area contributed by atoms with Crippen molar-refractivity contribution in [1.82, 2.24) is 0 Å². The van der Waals surface area contributed by atoms with Gasteiger partial charge in [0.2, 0.25) is 0 Å². The molecule has 0 fully saturated rings. The van der Waals surface area contributed by atoms with Gasteiger partial charge in [0.25, 0.3) is 0 Å². The Balaban J connectivity index is 0.000000583. The molecule has 0 heterocycles. The number of rotatable bonds is 3. The number of nitrogens with two attached hydrogens (primary N) is 1. The van der Waals surface area contributed by atoms with Gasteiger partial charge in [-0.15, -0.1) is 12.1 Å². The molecule has 0 spiro atoms. The number of sulfonamides is 1. The molecule has 0 radical (unpaired) electrons. The first-order valence-corrected chi connectivity index (χ1v) is 7.90. The maximum absolute atomic E-state index is 9.30. The van der Waals surface area contributed by atoms with Crippen LogP contribution in [0.4, 0.5) is 0 Å². The Kier molecular flexibility index (Phi) is 9.14. The Morgan fingerprint density at radius 1 is 1.00 bits per heavy atom. The summed E-state index contributed by atoms with van der Waals surface area (Å²) < 4.78 is 18.6. The van der Waals surface area contributed by atoms with Crippen molar-refractivity contribution in [2.75, 3.05) is 6.26 Å². The van der Waals surface area contributed by atoms with Crippen LogP contribution >= 0.6 is 0 Å². The molecule has 4 nitrogen and oxygen atoms in total. The normalized spacial score (nSPS) is 11.4. The van der Waals surface area contributed by atoms with Gasteiger partial charge in [-0.3, -0.25) is 0 Å². The maximum Gasteiger partial charge on any atom is 2.00 e. The molecule has 0 aliphatic heterocycles. The summed E-state index contributed by atoms with van der Waals surface area (Å²) in [5.41, 5.74) is 8.37. The van der Waals surface area contributed by atoms with E-state index in [1.807, 2.05) is 48.5 Å². The van der Waals surface area contributed by atoms with E-state index in [2.05, 4.69) is 18.6 Å². The van der Waals surface area contributed by atoms with Gasteiger partial charge in [0.1, 0.15) is 0 Å². The van der Waals surface area contributed by atoms with Crippen molar-refractivity contribution in [3.63, 3.8) is 0 Å². The minimum atomic E-state index is -3.42. The molecule has 1 atom stereocenters.